The standard InChI is InChI=1S/C20H27N5O.2ClH/c21-18-13-24(12-17(18)15-6-2-1-3-7-15)14-20(26)23-19-10-11-22-25(19)16-8-4-5-9-16;;/h1-3,6-7,10-11,16-18H,4-5,8-9,12-14,21H2,(H,23,26);2*1H/t17-,18+;;/m0../s1. The molecule has 1 aliphatic heterocycles. The summed E-state index contributed by atoms with van der Waals surface area (Å²) in [5.41, 5.74) is 7.58. The van der Waals surface area contributed by atoms with Crippen molar-refractivity contribution in [2.45, 2.75) is 43.7 Å². The lowest BCUT2D eigenvalue weighted by Crippen LogP contribution is -2.34. The molecule has 154 valence electrons. The van der Waals surface area contributed by atoms with E-state index in [0.717, 1.165) is 31.7 Å². The third-order valence-corrected chi connectivity index (χ3v) is 5.64. The van der Waals surface area contributed by atoms with E-state index in [1.165, 1.54) is 18.4 Å². The van der Waals surface area contributed by atoms with E-state index in [-0.39, 0.29) is 42.7 Å². The average Bonchev–Trinajstić information content (AvgIpc) is 3.36. The summed E-state index contributed by atoms with van der Waals surface area (Å²) in [7, 11) is 0. The SMILES string of the molecule is Cl.Cl.N[C@@H]1CN(CC(=O)Nc2ccnn2C2CCCC2)C[C@H]1c1ccccc1. The minimum absolute atomic E-state index is 0. The number of likely N-dealkylation sites (tertiary alicyclic amines) is 1. The minimum Gasteiger partial charge on any atom is -0.326 e. The van der Waals surface area contributed by atoms with Gasteiger partial charge in [0.05, 0.1) is 18.8 Å². The first-order valence-corrected chi connectivity index (χ1v) is 9.57. The zero-order valence-corrected chi connectivity index (χ0v) is 17.5. The number of halogens is 2. The Balaban J connectivity index is 0.00000140. The molecule has 0 unspecified atom stereocenters. The Labute approximate surface area is 178 Å². The molecular formula is C20H29Cl2N5O. The van der Waals surface area contributed by atoms with Crippen molar-refractivity contribution in [1.29, 1.82) is 0 Å². The Morgan fingerprint density at radius 2 is 1.82 bits per heavy atom. The topological polar surface area (TPSA) is 76.2 Å². The van der Waals surface area contributed by atoms with Crippen molar-refractivity contribution in [2.24, 2.45) is 5.73 Å². The minimum atomic E-state index is 0. The molecule has 1 aromatic carbocycles. The highest BCUT2D eigenvalue weighted by Gasteiger charge is 2.32. The Morgan fingerprint density at radius 1 is 1.11 bits per heavy atom. The number of amides is 1. The summed E-state index contributed by atoms with van der Waals surface area (Å²) < 4.78 is 1.98. The molecule has 2 aliphatic rings. The molecule has 0 radical (unpaired) electrons. The number of carbonyl (C=O) groups excluding carboxylic acids is 1. The van der Waals surface area contributed by atoms with Gasteiger partial charge in [-0.05, 0) is 18.4 Å². The number of carbonyl (C=O) groups is 1. The van der Waals surface area contributed by atoms with Crippen molar-refractivity contribution < 1.29 is 4.79 Å². The Hall–Kier alpha value is -1.60. The van der Waals surface area contributed by atoms with E-state index in [9.17, 15) is 4.79 Å². The number of hydrogen-bond donors (Lipinski definition) is 2. The maximum Gasteiger partial charge on any atom is 0.239 e. The largest absolute Gasteiger partial charge is 0.326 e. The molecule has 2 heterocycles. The van der Waals surface area contributed by atoms with E-state index in [2.05, 4.69) is 27.4 Å². The fraction of sp³-hybridized carbons (Fsp3) is 0.500. The molecule has 0 bridgehead atoms. The highest BCUT2D eigenvalue weighted by atomic mass is 35.5. The van der Waals surface area contributed by atoms with Crippen molar-refractivity contribution in [3.8, 4) is 0 Å². The Bertz CT molecular complexity index is 748. The number of hydrogen-bond acceptors (Lipinski definition) is 4. The van der Waals surface area contributed by atoms with Gasteiger partial charge >= 0.3 is 0 Å². The monoisotopic (exact) mass is 425 g/mol. The van der Waals surface area contributed by atoms with Gasteiger partial charge in [-0.25, -0.2) is 4.68 Å². The van der Waals surface area contributed by atoms with Crippen LogP contribution in [-0.4, -0.2) is 46.3 Å². The average molecular weight is 426 g/mol. The fourth-order valence-corrected chi connectivity index (χ4v) is 4.33. The highest BCUT2D eigenvalue weighted by Crippen LogP contribution is 2.31. The zero-order chi connectivity index (χ0) is 17.9. The van der Waals surface area contributed by atoms with E-state index in [1.807, 2.05) is 28.9 Å². The lowest BCUT2D eigenvalue weighted by atomic mass is 9.95. The maximum atomic E-state index is 12.5. The molecule has 8 heteroatoms. The van der Waals surface area contributed by atoms with Crippen LogP contribution in [-0.2, 0) is 4.79 Å². The van der Waals surface area contributed by atoms with Gasteiger partial charge in [0.2, 0.25) is 5.91 Å². The second-order valence-electron chi connectivity index (χ2n) is 7.52. The molecule has 3 N–H and O–H groups in total. The number of nitrogens with one attached hydrogen (secondary N) is 1. The van der Waals surface area contributed by atoms with Crippen molar-refractivity contribution in [3.63, 3.8) is 0 Å². The lowest BCUT2D eigenvalue weighted by Gasteiger charge is -2.18. The van der Waals surface area contributed by atoms with Crippen molar-refractivity contribution in [2.75, 3.05) is 25.0 Å². The van der Waals surface area contributed by atoms with Gasteiger partial charge in [0.15, 0.2) is 0 Å². The quantitative estimate of drug-likeness (QED) is 0.770. The molecule has 2 aromatic rings. The molecule has 2 atom stereocenters. The number of nitrogens with two attached hydrogens (primary N) is 1. The summed E-state index contributed by atoms with van der Waals surface area (Å²) >= 11 is 0. The normalized spacial score (nSPS) is 22.5. The number of aromatic nitrogens is 2. The van der Waals surface area contributed by atoms with Crippen LogP contribution in [0.5, 0.6) is 0 Å². The lowest BCUT2D eigenvalue weighted by molar-refractivity contribution is -0.117. The molecule has 1 aliphatic carbocycles. The summed E-state index contributed by atoms with van der Waals surface area (Å²) in [5.74, 6) is 1.10. The van der Waals surface area contributed by atoms with Gasteiger partial charge in [-0.2, -0.15) is 5.10 Å². The molecule has 6 nitrogen and oxygen atoms in total. The maximum absolute atomic E-state index is 12.5. The van der Waals surface area contributed by atoms with Crippen LogP contribution in [0.15, 0.2) is 42.6 Å². The van der Waals surface area contributed by atoms with Gasteiger partial charge < -0.3 is 11.1 Å². The predicted molar refractivity (Wildman–Crippen MR) is 116 cm³/mol. The van der Waals surface area contributed by atoms with Crippen LogP contribution in [0.4, 0.5) is 5.82 Å². The van der Waals surface area contributed by atoms with Crippen LogP contribution in [0.25, 0.3) is 0 Å². The van der Waals surface area contributed by atoms with Crippen LogP contribution in [0.2, 0.25) is 0 Å². The van der Waals surface area contributed by atoms with Crippen molar-refractivity contribution in [3.05, 3.63) is 48.2 Å². The molecule has 1 saturated carbocycles. The van der Waals surface area contributed by atoms with Gasteiger partial charge in [-0.1, -0.05) is 43.2 Å². The molecule has 1 aromatic heterocycles. The molecule has 28 heavy (non-hydrogen) atoms. The van der Waals surface area contributed by atoms with Crippen LogP contribution >= 0.6 is 24.8 Å². The zero-order valence-electron chi connectivity index (χ0n) is 15.9. The predicted octanol–water partition coefficient (Wildman–Crippen LogP) is 3.21. The van der Waals surface area contributed by atoms with Crippen LogP contribution in [0.1, 0.15) is 43.2 Å². The van der Waals surface area contributed by atoms with Crippen molar-refractivity contribution >= 4 is 36.5 Å². The van der Waals surface area contributed by atoms with Gasteiger partial charge in [-0.15, -0.1) is 24.8 Å². The third kappa shape index (κ3) is 5.06. The third-order valence-electron chi connectivity index (χ3n) is 5.64. The summed E-state index contributed by atoms with van der Waals surface area (Å²) in [5, 5.41) is 7.46. The molecule has 0 spiro atoms. The molecule has 1 amide bonds. The molecular weight excluding hydrogens is 397 g/mol. The van der Waals surface area contributed by atoms with E-state index in [4.69, 9.17) is 5.73 Å². The van der Waals surface area contributed by atoms with Crippen LogP contribution in [0.3, 0.4) is 0 Å². The molecule has 2 fully saturated rings. The smallest absolute Gasteiger partial charge is 0.239 e. The summed E-state index contributed by atoms with van der Waals surface area (Å²) in [4.78, 5) is 14.7. The van der Waals surface area contributed by atoms with Crippen molar-refractivity contribution in [1.82, 2.24) is 14.7 Å². The van der Waals surface area contributed by atoms with Crippen LogP contribution < -0.4 is 11.1 Å². The highest BCUT2D eigenvalue weighted by molar-refractivity contribution is 5.91. The Kier molecular flexibility index (Phi) is 8.31. The van der Waals surface area contributed by atoms with Gasteiger partial charge in [-0.3, -0.25) is 9.69 Å². The van der Waals surface area contributed by atoms with Gasteiger partial charge in [0.1, 0.15) is 5.82 Å². The first-order chi connectivity index (χ1) is 12.7. The number of benzene rings is 1. The number of anilines is 1. The first-order valence-electron chi connectivity index (χ1n) is 9.57. The van der Waals surface area contributed by atoms with E-state index in [1.54, 1.807) is 6.20 Å². The summed E-state index contributed by atoms with van der Waals surface area (Å²) in [6.07, 6.45) is 6.54. The van der Waals surface area contributed by atoms with E-state index in [0.29, 0.717) is 12.6 Å². The number of nitrogens with zero attached hydrogens (tertiary/aromatic N) is 3. The summed E-state index contributed by atoms with van der Waals surface area (Å²) in [6.45, 7) is 1.93. The first kappa shape index (κ1) is 22.7. The van der Waals surface area contributed by atoms with E-state index < -0.39 is 0 Å². The second kappa shape index (κ2) is 10.3. The Morgan fingerprint density at radius 3 is 2.54 bits per heavy atom. The van der Waals surface area contributed by atoms with Gasteiger partial charge in [0.25, 0.3) is 0 Å². The van der Waals surface area contributed by atoms with E-state index >= 15 is 0 Å². The van der Waals surface area contributed by atoms with Crippen LogP contribution in [0, 0.1) is 0 Å². The molecule has 4 rings (SSSR count). The second-order valence-corrected chi connectivity index (χ2v) is 7.52. The number of rotatable bonds is 5. The van der Waals surface area contributed by atoms with Gasteiger partial charge in [0, 0.05) is 31.1 Å². The fourth-order valence-electron chi connectivity index (χ4n) is 4.33. The summed E-state index contributed by atoms with van der Waals surface area (Å²) in [6, 6.07) is 12.7. The molecule has 1 saturated heterocycles.